The molecular formula is C24H26N4O4. The standard InChI is InChI=1S/C24H26N4O4/c1-28-18-11-3-2-9-16(18)19(20(28)22(30)31)24(23(25)32)12-6-4-10-17(24)21(29)27-14-15-8-5-7-13-26-15/h2-3,5,7-9,11,13,17H,4,6,10,12,14H2,1H3,(H2,25,32)(H,27,29)(H,30,31)/t17-,24-/m0/s1. The number of carbonyl (C=O) groups is 3. The molecule has 0 spiro atoms. The van der Waals surface area contributed by atoms with Crippen LogP contribution in [0.1, 0.15) is 47.4 Å². The molecule has 0 bridgehead atoms. The first kappa shape index (κ1) is 21.5. The zero-order valence-electron chi connectivity index (χ0n) is 17.9. The first-order valence-electron chi connectivity index (χ1n) is 10.7. The Morgan fingerprint density at radius 2 is 1.94 bits per heavy atom. The predicted molar refractivity (Wildman–Crippen MR) is 119 cm³/mol. The van der Waals surface area contributed by atoms with Crippen molar-refractivity contribution in [3.8, 4) is 0 Å². The minimum atomic E-state index is -1.42. The number of primary amides is 1. The average Bonchev–Trinajstić information content (AvgIpc) is 3.11. The fourth-order valence-corrected chi connectivity index (χ4v) is 5.14. The Balaban J connectivity index is 1.85. The number of nitrogens with one attached hydrogen (secondary N) is 1. The van der Waals surface area contributed by atoms with Crippen LogP contribution in [-0.2, 0) is 28.6 Å². The summed E-state index contributed by atoms with van der Waals surface area (Å²) < 4.78 is 1.56. The third-order valence-electron chi connectivity index (χ3n) is 6.59. The molecule has 3 aromatic rings. The number of nitrogens with two attached hydrogens (primary N) is 1. The van der Waals surface area contributed by atoms with Gasteiger partial charge < -0.3 is 20.7 Å². The normalized spacial score (nSPS) is 20.7. The number of benzene rings is 1. The van der Waals surface area contributed by atoms with Gasteiger partial charge in [0.15, 0.2) is 0 Å². The maximum atomic E-state index is 13.4. The lowest BCUT2D eigenvalue weighted by molar-refractivity contribution is -0.137. The second kappa shape index (κ2) is 8.45. The molecule has 2 aromatic heterocycles. The molecule has 1 aliphatic carbocycles. The highest BCUT2D eigenvalue weighted by molar-refractivity contribution is 6.05. The Labute approximate surface area is 185 Å². The number of carboxylic acids is 1. The van der Waals surface area contributed by atoms with Crippen LogP contribution in [0.2, 0.25) is 0 Å². The van der Waals surface area contributed by atoms with Crippen LogP contribution in [0.15, 0.2) is 48.7 Å². The van der Waals surface area contributed by atoms with Crippen molar-refractivity contribution in [1.82, 2.24) is 14.9 Å². The lowest BCUT2D eigenvalue weighted by Crippen LogP contribution is -2.54. The Morgan fingerprint density at radius 3 is 2.62 bits per heavy atom. The molecule has 2 heterocycles. The molecule has 2 atom stereocenters. The molecule has 0 aliphatic heterocycles. The van der Waals surface area contributed by atoms with Crippen LogP contribution in [0.25, 0.3) is 10.9 Å². The second-order valence-corrected chi connectivity index (χ2v) is 8.28. The lowest BCUT2D eigenvalue weighted by atomic mass is 9.60. The Kier molecular flexibility index (Phi) is 5.69. The number of hydrogen-bond donors (Lipinski definition) is 3. The summed E-state index contributed by atoms with van der Waals surface area (Å²) in [5.74, 6) is -2.92. The van der Waals surface area contributed by atoms with E-state index >= 15 is 0 Å². The van der Waals surface area contributed by atoms with E-state index in [1.165, 1.54) is 0 Å². The topological polar surface area (TPSA) is 127 Å². The minimum Gasteiger partial charge on any atom is -0.477 e. The molecule has 2 amide bonds. The first-order chi connectivity index (χ1) is 15.4. The maximum absolute atomic E-state index is 13.4. The quantitative estimate of drug-likeness (QED) is 0.549. The number of amides is 2. The van der Waals surface area contributed by atoms with Crippen LogP contribution >= 0.6 is 0 Å². The van der Waals surface area contributed by atoms with Crippen molar-refractivity contribution in [1.29, 1.82) is 0 Å². The molecule has 8 heteroatoms. The molecule has 0 unspecified atom stereocenters. The first-order valence-corrected chi connectivity index (χ1v) is 10.7. The number of nitrogens with zero attached hydrogens (tertiary/aromatic N) is 2. The van der Waals surface area contributed by atoms with E-state index in [4.69, 9.17) is 5.73 Å². The predicted octanol–water partition coefficient (Wildman–Crippen LogP) is 2.50. The summed E-state index contributed by atoms with van der Waals surface area (Å²) in [5, 5.41) is 13.6. The van der Waals surface area contributed by atoms with Crippen molar-refractivity contribution in [2.45, 2.75) is 37.6 Å². The number of para-hydroxylation sites is 1. The highest BCUT2D eigenvalue weighted by Gasteiger charge is 2.53. The van der Waals surface area contributed by atoms with Gasteiger partial charge in [0.05, 0.1) is 23.6 Å². The Morgan fingerprint density at radius 1 is 1.19 bits per heavy atom. The molecule has 0 radical (unpaired) electrons. The van der Waals surface area contributed by atoms with E-state index in [9.17, 15) is 19.5 Å². The molecule has 1 saturated carbocycles. The highest BCUT2D eigenvalue weighted by atomic mass is 16.4. The van der Waals surface area contributed by atoms with Gasteiger partial charge in [0, 0.05) is 29.7 Å². The van der Waals surface area contributed by atoms with Gasteiger partial charge in [-0.25, -0.2) is 4.79 Å². The summed E-state index contributed by atoms with van der Waals surface area (Å²) in [4.78, 5) is 43.1. The van der Waals surface area contributed by atoms with Gasteiger partial charge in [-0.2, -0.15) is 0 Å². The number of aryl methyl sites for hydroxylation is 1. The van der Waals surface area contributed by atoms with Gasteiger partial charge in [-0.3, -0.25) is 14.6 Å². The number of aromatic carboxylic acids is 1. The summed E-state index contributed by atoms with van der Waals surface area (Å²) >= 11 is 0. The zero-order chi connectivity index (χ0) is 22.9. The van der Waals surface area contributed by atoms with Crippen LogP contribution in [0.5, 0.6) is 0 Å². The summed E-state index contributed by atoms with van der Waals surface area (Å²) in [6.07, 6.45) is 3.84. The number of pyridine rings is 1. The molecule has 4 rings (SSSR count). The van der Waals surface area contributed by atoms with Crippen molar-refractivity contribution >= 4 is 28.7 Å². The van der Waals surface area contributed by atoms with Crippen LogP contribution in [0.4, 0.5) is 0 Å². The smallest absolute Gasteiger partial charge is 0.352 e. The van der Waals surface area contributed by atoms with Crippen LogP contribution in [0, 0.1) is 5.92 Å². The molecule has 4 N–H and O–H groups in total. The largest absolute Gasteiger partial charge is 0.477 e. The van der Waals surface area contributed by atoms with Gasteiger partial charge in [0.1, 0.15) is 5.69 Å². The van der Waals surface area contributed by atoms with E-state index in [-0.39, 0.29) is 18.1 Å². The second-order valence-electron chi connectivity index (χ2n) is 8.28. The van der Waals surface area contributed by atoms with Gasteiger partial charge in [-0.05, 0) is 31.0 Å². The van der Waals surface area contributed by atoms with Crippen molar-refractivity contribution in [3.05, 3.63) is 65.6 Å². The van der Waals surface area contributed by atoms with Gasteiger partial charge in [-0.1, -0.05) is 37.1 Å². The SMILES string of the molecule is Cn1c(C(=O)O)c([C@]2(C(N)=O)CCCC[C@H]2C(=O)NCc2ccccn2)c2ccccc21. The minimum absolute atomic E-state index is 0.00516. The number of aromatic nitrogens is 2. The maximum Gasteiger partial charge on any atom is 0.352 e. The number of rotatable bonds is 6. The average molecular weight is 434 g/mol. The molecule has 1 aliphatic rings. The van der Waals surface area contributed by atoms with E-state index in [0.29, 0.717) is 41.4 Å². The van der Waals surface area contributed by atoms with Gasteiger partial charge in [0.25, 0.3) is 0 Å². The molecule has 166 valence electrons. The number of carboxylic acid groups (broad SMARTS) is 1. The molecule has 0 saturated heterocycles. The van der Waals surface area contributed by atoms with E-state index in [0.717, 1.165) is 6.42 Å². The van der Waals surface area contributed by atoms with Crippen molar-refractivity contribution in [2.24, 2.45) is 18.7 Å². The van der Waals surface area contributed by atoms with Crippen LogP contribution < -0.4 is 11.1 Å². The monoisotopic (exact) mass is 434 g/mol. The number of fused-ring (bicyclic) bond motifs is 1. The third-order valence-corrected chi connectivity index (χ3v) is 6.59. The van der Waals surface area contributed by atoms with E-state index in [2.05, 4.69) is 10.3 Å². The van der Waals surface area contributed by atoms with E-state index in [1.807, 2.05) is 12.1 Å². The summed E-state index contributed by atoms with van der Waals surface area (Å²) in [5.41, 5.74) is 6.30. The third kappa shape index (κ3) is 3.41. The Bertz CT molecular complexity index is 1190. The van der Waals surface area contributed by atoms with Crippen LogP contribution in [-0.4, -0.2) is 32.4 Å². The fraction of sp³-hybridized carbons (Fsp3) is 0.333. The van der Waals surface area contributed by atoms with E-state index in [1.54, 1.807) is 48.1 Å². The van der Waals surface area contributed by atoms with Gasteiger partial charge >= 0.3 is 5.97 Å². The number of hydrogen-bond acceptors (Lipinski definition) is 4. The van der Waals surface area contributed by atoms with Crippen molar-refractivity contribution in [3.63, 3.8) is 0 Å². The molecule has 1 fully saturated rings. The fourth-order valence-electron chi connectivity index (χ4n) is 5.14. The lowest BCUT2D eigenvalue weighted by Gasteiger charge is -2.41. The van der Waals surface area contributed by atoms with Crippen molar-refractivity contribution in [2.75, 3.05) is 0 Å². The van der Waals surface area contributed by atoms with Crippen LogP contribution in [0.3, 0.4) is 0 Å². The van der Waals surface area contributed by atoms with E-state index < -0.39 is 23.2 Å². The highest BCUT2D eigenvalue weighted by Crippen LogP contribution is 2.48. The van der Waals surface area contributed by atoms with Gasteiger partial charge in [0.2, 0.25) is 11.8 Å². The summed E-state index contributed by atoms with van der Waals surface area (Å²) in [7, 11) is 1.66. The number of carbonyl (C=O) groups excluding carboxylic acids is 2. The molecule has 1 aromatic carbocycles. The summed E-state index contributed by atoms with van der Waals surface area (Å²) in [6.45, 7) is 0.215. The molecular weight excluding hydrogens is 408 g/mol. The zero-order valence-corrected chi connectivity index (χ0v) is 17.9. The molecule has 8 nitrogen and oxygen atoms in total. The van der Waals surface area contributed by atoms with Gasteiger partial charge in [-0.15, -0.1) is 0 Å². The Hall–Kier alpha value is -3.68. The summed E-state index contributed by atoms with van der Waals surface area (Å²) in [6, 6.07) is 12.6. The molecule has 32 heavy (non-hydrogen) atoms. The van der Waals surface area contributed by atoms with Crippen molar-refractivity contribution < 1.29 is 19.5 Å².